The first-order valence-electron chi connectivity index (χ1n) is 6.38. The van der Waals surface area contributed by atoms with Crippen LogP contribution < -0.4 is 0 Å². The fraction of sp³-hybridized carbons (Fsp3) is 0.538. The standard InChI is InChI=1S/C13H16ClNO3S2/c1-3-4-9-15(8(6-19-9)13(17)18)12(16)11-10(14)7(2)5-20-11/h5,8-9H,3-4,6H2,1-2H3,(H,17,18). The third-order valence-corrected chi connectivity index (χ3v) is 6.28. The predicted octanol–water partition coefficient (Wildman–Crippen LogP) is 3.48. The van der Waals surface area contributed by atoms with Crippen molar-refractivity contribution in [3.63, 3.8) is 0 Å². The topological polar surface area (TPSA) is 57.6 Å². The first-order valence-corrected chi connectivity index (χ1v) is 8.68. The van der Waals surface area contributed by atoms with Gasteiger partial charge in [-0.3, -0.25) is 4.79 Å². The fourth-order valence-corrected chi connectivity index (χ4v) is 4.92. The number of aliphatic carboxylic acids is 1. The number of carbonyl (C=O) groups excluding carboxylic acids is 1. The van der Waals surface area contributed by atoms with E-state index in [9.17, 15) is 14.7 Å². The molecule has 4 nitrogen and oxygen atoms in total. The van der Waals surface area contributed by atoms with E-state index in [1.165, 1.54) is 28.0 Å². The molecule has 2 unspecified atom stereocenters. The molecular formula is C13H16ClNO3S2. The quantitative estimate of drug-likeness (QED) is 0.916. The number of hydrogen-bond donors (Lipinski definition) is 1. The molecule has 1 amide bonds. The number of rotatable bonds is 4. The molecule has 2 rings (SSSR count). The van der Waals surface area contributed by atoms with Crippen LogP contribution in [0, 0.1) is 6.92 Å². The summed E-state index contributed by atoms with van der Waals surface area (Å²) in [5, 5.41) is 11.5. The number of carboxylic acid groups (broad SMARTS) is 1. The Morgan fingerprint density at radius 1 is 1.55 bits per heavy atom. The van der Waals surface area contributed by atoms with Gasteiger partial charge in [-0.2, -0.15) is 0 Å². The molecule has 0 aromatic carbocycles. The van der Waals surface area contributed by atoms with Gasteiger partial charge in [0.05, 0.1) is 10.4 Å². The summed E-state index contributed by atoms with van der Waals surface area (Å²) in [6.45, 7) is 3.87. The second-order valence-corrected chi connectivity index (χ2v) is 7.17. The van der Waals surface area contributed by atoms with Crippen molar-refractivity contribution in [3.8, 4) is 0 Å². The highest BCUT2D eigenvalue weighted by Crippen LogP contribution is 2.36. The van der Waals surface area contributed by atoms with Gasteiger partial charge in [-0.15, -0.1) is 23.1 Å². The van der Waals surface area contributed by atoms with Gasteiger partial charge in [-0.05, 0) is 24.3 Å². The lowest BCUT2D eigenvalue weighted by molar-refractivity contribution is -0.141. The number of amides is 1. The summed E-state index contributed by atoms with van der Waals surface area (Å²) in [6, 6.07) is -0.762. The van der Waals surface area contributed by atoms with Gasteiger partial charge in [0.15, 0.2) is 0 Å². The summed E-state index contributed by atoms with van der Waals surface area (Å²) in [6.07, 6.45) is 1.70. The summed E-state index contributed by atoms with van der Waals surface area (Å²) in [7, 11) is 0. The Bertz CT molecular complexity index is 532. The molecule has 2 heterocycles. The average molecular weight is 334 g/mol. The van der Waals surface area contributed by atoms with Gasteiger partial charge >= 0.3 is 5.97 Å². The second-order valence-electron chi connectivity index (χ2n) is 4.70. The van der Waals surface area contributed by atoms with Crippen LogP contribution in [0.1, 0.15) is 35.0 Å². The molecule has 1 aliphatic heterocycles. The average Bonchev–Trinajstić information content (AvgIpc) is 2.95. The predicted molar refractivity (Wildman–Crippen MR) is 82.8 cm³/mol. The highest BCUT2D eigenvalue weighted by molar-refractivity contribution is 8.00. The van der Waals surface area contributed by atoms with E-state index in [4.69, 9.17) is 11.6 Å². The summed E-state index contributed by atoms with van der Waals surface area (Å²) in [5.41, 5.74) is 0.853. The summed E-state index contributed by atoms with van der Waals surface area (Å²) in [5.74, 6) is -0.772. The van der Waals surface area contributed by atoms with Crippen LogP contribution in [0.25, 0.3) is 0 Å². The van der Waals surface area contributed by atoms with Crippen molar-refractivity contribution < 1.29 is 14.7 Å². The molecule has 1 aliphatic rings. The number of hydrogen-bond acceptors (Lipinski definition) is 4. The normalized spacial score (nSPS) is 22.2. The highest BCUT2D eigenvalue weighted by atomic mass is 35.5. The molecular weight excluding hydrogens is 318 g/mol. The molecule has 0 spiro atoms. The van der Waals surface area contributed by atoms with E-state index in [2.05, 4.69) is 0 Å². The van der Waals surface area contributed by atoms with Gasteiger partial charge < -0.3 is 10.0 Å². The summed E-state index contributed by atoms with van der Waals surface area (Å²) >= 11 is 8.96. The van der Waals surface area contributed by atoms with Crippen LogP contribution in [-0.2, 0) is 4.79 Å². The minimum Gasteiger partial charge on any atom is -0.480 e. The van der Waals surface area contributed by atoms with Crippen molar-refractivity contribution in [2.24, 2.45) is 0 Å². The molecule has 0 radical (unpaired) electrons. The first-order chi connectivity index (χ1) is 9.47. The molecule has 1 N–H and O–H groups in total. The molecule has 0 bridgehead atoms. The van der Waals surface area contributed by atoms with Crippen molar-refractivity contribution in [1.29, 1.82) is 0 Å². The Morgan fingerprint density at radius 3 is 2.75 bits per heavy atom. The minimum absolute atomic E-state index is 0.0768. The van der Waals surface area contributed by atoms with E-state index in [-0.39, 0.29) is 11.3 Å². The molecule has 0 aliphatic carbocycles. The van der Waals surface area contributed by atoms with E-state index < -0.39 is 12.0 Å². The molecule has 1 aromatic heterocycles. The summed E-state index contributed by atoms with van der Waals surface area (Å²) < 4.78 is 0. The first kappa shape index (κ1) is 15.7. The van der Waals surface area contributed by atoms with Crippen LogP contribution in [0.3, 0.4) is 0 Å². The van der Waals surface area contributed by atoms with Crippen LogP contribution in [0.2, 0.25) is 5.02 Å². The lowest BCUT2D eigenvalue weighted by Gasteiger charge is -2.26. The number of halogens is 1. The van der Waals surface area contributed by atoms with E-state index >= 15 is 0 Å². The van der Waals surface area contributed by atoms with E-state index in [1.54, 1.807) is 0 Å². The van der Waals surface area contributed by atoms with Gasteiger partial charge in [-0.25, -0.2) is 4.79 Å². The maximum atomic E-state index is 12.7. The Kier molecular flexibility index (Phi) is 4.99. The zero-order chi connectivity index (χ0) is 14.9. The molecule has 2 atom stereocenters. The van der Waals surface area contributed by atoms with Crippen LogP contribution in [-0.4, -0.2) is 39.1 Å². The zero-order valence-electron chi connectivity index (χ0n) is 11.3. The third-order valence-electron chi connectivity index (χ3n) is 3.24. The minimum atomic E-state index is -0.950. The van der Waals surface area contributed by atoms with Gasteiger partial charge in [-0.1, -0.05) is 24.9 Å². The van der Waals surface area contributed by atoms with Crippen LogP contribution in [0.5, 0.6) is 0 Å². The number of aryl methyl sites for hydroxylation is 1. The Hall–Kier alpha value is -0.720. The van der Waals surface area contributed by atoms with Gasteiger partial charge in [0.25, 0.3) is 5.91 Å². The van der Waals surface area contributed by atoms with Crippen molar-refractivity contribution >= 4 is 46.6 Å². The summed E-state index contributed by atoms with van der Waals surface area (Å²) in [4.78, 5) is 25.9. The smallest absolute Gasteiger partial charge is 0.327 e. The zero-order valence-corrected chi connectivity index (χ0v) is 13.6. The Labute approximate surface area is 131 Å². The van der Waals surface area contributed by atoms with E-state index in [1.807, 2.05) is 19.2 Å². The van der Waals surface area contributed by atoms with Crippen molar-refractivity contribution in [3.05, 3.63) is 20.8 Å². The molecule has 1 fully saturated rings. The number of carbonyl (C=O) groups is 2. The second kappa shape index (κ2) is 6.37. The largest absolute Gasteiger partial charge is 0.480 e. The van der Waals surface area contributed by atoms with Gasteiger partial charge in [0, 0.05) is 5.75 Å². The van der Waals surface area contributed by atoms with Crippen molar-refractivity contribution in [2.75, 3.05) is 5.75 Å². The van der Waals surface area contributed by atoms with Crippen LogP contribution in [0.4, 0.5) is 0 Å². The van der Waals surface area contributed by atoms with Gasteiger partial charge in [0.2, 0.25) is 0 Å². The Balaban J connectivity index is 2.32. The number of carboxylic acids is 1. The monoisotopic (exact) mass is 333 g/mol. The number of nitrogens with zero attached hydrogens (tertiary/aromatic N) is 1. The van der Waals surface area contributed by atoms with Crippen LogP contribution >= 0.6 is 34.7 Å². The van der Waals surface area contributed by atoms with Crippen molar-refractivity contribution in [2.45, 2.75) is 38.1 Å². The SMILES string of the molecule is CCCC1SCC(C(=O)O)N1C(=O)c1scc(C)c1Cl. The fourth-order valence-electron chi connectivity index (χ4n) is 2.19. The maximum absolute atomic E-state index is 12.7. The maximum Gasteiger partial charge on any atom is 0.327 e. The lowest BCUT2D eigenvalue weighted by Crippen LogP contribution is -2.45. The Morgan fingerprint density at radius 2 is 2.25 bits per heavy atom. The van der Waals surface area contributed by atoms with Crippen LogP contribution in [0.15, 0.2) is 5.38 Å². The third kappa shape index (κ3) is 2.82. The number of thioether (sulfide) groups is 1. The van der Waals surface area contributed by atoms with Crippen molar-refractivity contribution in [1.82, 2.24) is 4.90 Å². The van der Waals surface area contributed by atoms with E-state index in [0.717, 1.165) is 18.4 Å². The lowest BCUT2D eigenvalue weighted by atomic mass is 10.2. The molecule has 1 saturated heterocycles. The molecule has 1 aromatic rings. The number of thiophene rings is 1. The molecule has 7 heteroatoms. The molecule has 110 valence electrons. The highest BCUT2D eigenvalue weighted by Gasteiger charge is 2.42. The molecule has 0 saturated carbocycles. The molecule has 20 heavy (non-hydrogen) atoms. The van der Waals surface area contributed by atoms with E-state index in [0.29, 0.717) is 15.7 Å². The van der Waals surface area contributed by atoms with Gasteiger partial charge in [0.1, 0.15) is 10.9 Å².